The number of aromatic nitrogens is 5. The van der Waals surface area contributed by atoms with Crippen molar-refractivity contribution in [3.8, 4) is 22.7 Å². The molecule has 3 atom stereocenters. The summed E-state index contributed by atoms with van der Waals surface area (Å²) < 4.78 is 22.4. The van der Waals surface area contributed by atoms with E-state index in [1.807, 2.05) is 20.2 Å². The zero-order valence-electron chi connectivity index (χ0n) is 20.4. The number of aryl methyl sites for hydroxylation is 2. The van der Waals surface area contributed by atoms with Gasteiger partial charge in [-0.25, -0.2) is 14.4 Å². The quantitative estimate of drug-likeness (QED) is 0.337. The van der Waals surface area contributed by atoms with E-state index in [1.54, 1.807) is 35.3 Å². The first kappa shape index (κ1) is 22.8. The molecular formula is C27H24FN7O2. The van der Waals surface area contributed by atoms with Gasteiger partial charge in [0.25, 0.3) is 0 Å². The third-order valence-corrected chi connectivity index (χ3v) is 7.09. The molecule has 6 rings (SSSR count). The van der Waals surface area contributed by atoms with Crippen LogP contribution in [0, 0.1) is 24.6 Å². The first-order chi connectivity index (χ1) is 17.8. The second-order valence-electron chi connectivity index (χ2n) is 9.51. The molecule has 0 radical (unpaired) electrons. The van der Waals surface area contributed by atoms with E-state index in [0.717, 1.165) is 11.1 Å². The third-order valence-electron chi connectivity index (χ3n) is 7.09. The number of anilines is 2. The number of hydrogen-bond donors (Lipinski definition) is 2. The minimum absolute atomic E-state index is 0.0125. The minimum Gasteiger partial charge on any atom is -0.443 e. The molecule has 1 aromatic carbocycles. The number of amides is 1. The Morgan fingerprint density at radius 2 is 1.97 bits per heavy atom. The SMILES string of the molecule is Cc1cc(-c2ncco2)ncc1-c1cc2cc(NC(=O)C3C(C)C3c3cnn(C)c3)ncc2c(N)c1F. The van der Waals surface area contributed by atoms with Crippen LogP contribution < -0.4 is 11.1 Å². The zero-order chi connectivity index (χ0) is 25.8. The number of fused-ring (bicyclic) bond motifs is 1. The van der Waals surface area contributed by atoms with Gasteiger partial charge >= 0.3 is 0 Å². The van der Waals surface area contributed by atoms with E-state index < -0.39 is 5.82 Å². The molecule has 4 aromatic heterocycles. The molecule has 0 saturated heterocycles. The molecule has 5 aromatic rings. The van der Waals surface area contributed by atoms with E-state index in [2.05, 4.69) is 32.3 Å². The van der Waals surface area contributed by atoms with Crippen molar-refractivity contribution >= 4 is 28.2 Å². The summed E-state index contributed by atoms with van der Waals surface area (Å²) >= 11 is 0. The van der Waals surface area contributed by atoms with Crippen molar-refractivity contribution in [2.24, 2.45) is 18.9 Å². The van der Waals surface area contributed by atoms with Crippen LogP contribution >= 0.6 is 0 Å². The number of nitrogens with zero attached hydrogens (tertiary/aromatic N) is 5. The van der Waals surface area contributed by atoms with Gasteiger partial charge in [0, 0.05) is 54.0 Å². The molecule has 1 amide bonds. The van der Waals surface area contributed by atoms with E-state index >= 15 is 4.39 Å². The zero-order valence-corrected chi connectivity index (χ0v) is 20.4. The van der Waals surface area contributed by atoms with Crippen molar-refractivity contribution in [1.29, 1.82) is 0 Å². The van der Waals surface area contributed by atoms with Gasteiger partial charge < -0.3 is 15.5 Å². The van der Waals surface area contributed by atoms with Crippen molar-refractivity contribution in [3.05, 3.63) is 72.4 Å². The summed E-state index contributed by atoms with van der Waals surface area (Å²) in [5, 5.41) is 8.26. The Balaban J connectivity index is 1.30. The molecule has 1 aliphatic rings. The molecule has 1 fully saturated rings. The Bertz CT molecular complexity index is 1660. The molecule has 0 bridgehead atoms. The fourth-order valence-corrected chi connectivity index (χ4v) is 5.06. The topological polar surface area (TPSA) is 125 Å². The summed E-state index contributed by atoms with van der Waals surface area (Å²) in [7, 11) is 1.86. The van der Waals surface area contributed by atoms with E-state index in [-0.39, 0.29) is 29.3 Å². The van der Waals surface area contributed by atoms with Gasteiger partial charge in [-0.3, -0.25) is 14.5 Å². The second-order valence-corrected chi connectivity index (χ2v) is 9.51. The van der Waals surface area contributed by atoms with Gasteiger partial charge in [0.2, 0.25) is 11.8 Å². The third kappa shape index (κ3) is 3.90. The summed E-state index contributed by atoms with van der Waals surface area (Å²) in [4.78, 5) is 25.8. The highest BCUT2D eigenvalue weighted by molar-refractivity contribution is 6.01. The van der Waals surface area contributed by atoms with Crippen LogP contribution in [0.15, 0.2) is 59.9 Å². The van der Waals surface area contributed by atoms with Crippen LogP contribution in [0.2, 0.25) is 0 Å². The summed E-state index contributed by atoms with van der Waals surface area (Å²) in [6.07, 6.45) is 9.81. The molecule has 4 heterocycles. The van der Waals surface area contributed by atoms with E-state index in [1.165, 1.54) is 18.7 Å². The first-order valence-electron chi connectivity index (χ1n) is 11.9. The highest BCUT2D eigenvalue weighted by Gasteiger charge is 2.52. The predicted molar refractivity (Wildman–Crippen MR) is 137 cm³/mol. The van der Waals surface area contributed by atoms with E-state index in [0.29, 0.717) is 39.3 Å². The maximum absolute atomic E-state index is 15.4. The molecule has 3 unspecified atom stereocenters. The lowest BCUT2D eigenvalue weighted by molar-refractivity contribution is -0.117. The molecule has 3 N–H and O–H groups in total. The lowest BCUT2D eigenvalue weighted by Crippen LogP contribution is -2.16. The average molecular weight is 498 g/mol. The number of benzene rings is 1. The van der Waals surface area contributed by atoms with Gasteiger partial charge in [0.15, 0.2) is 5.82 Å². The number of nitrogen functional groups attached to an aromatic ring is 1. The smallest absolute Gasteiger partial charge is 0.244 e. The van der Waals surface area contributed by atoms with Crippen molar-refractivity contribution in [3.63, 3.8) is 0 Å². The summed E-state index contributed by atoms with van der Waals surface area (Å²) in [6.45, 7) is 3.91. The van der Waals surface area contributed by atoms with Gasteiger partial charge in [-0.15, -0.1) is 0 Å². The molecule has 186 valence electrons. The average Bonchev–Trinajstić information content (AvgIpc) is 3.23. The second kappa shape index (κ2) is 8.51. The van der Waals surface area contributed by atoms with Gasteiger partial charge in [0.05, 0.1) is 18.1 Å². The number of nitrogens with two attached hydrogens (primary N) is 1. The molecule has 1 saturated carbocycles. The molecule has 37 heavy (non-hydrogen) atoms. The Hall–Kier alpha value is -4.60. The van der Waals surface area contributed by atoms with Crippen molar-refractivity contribution in [2.75, 3.05) is 11.1 Å². The summed E-state index contributed by atoms with van der Waals surface area (Å²) in [5.74, 6) is 0.280. The number of rotatable bonds is 5. The fraction of sp³-hybridized carbons (Fsp3) is 0.222. The normalized spacial score (nSPS) is 18.8. The number of pyridine rings is 2. The number of carbonyl (C=O) groups excluding carboxylic acids is 1. The van der Waals surface area contributed by atoms with Crippen LogP contribution in [0.25, 0.3) is 33.5 Å². The number of carbonyl (C=O) groups is 1. The molecule has 10 heteroatoms. The van der Waals surface area contributed by atoms with Gasteiger partial charge in [0.1, 0.15) is 17.8 Å². The number of halogens is 1. The van der Waals surface area contributed by atoms with Crippen molar-refractivity contribution < 1.29 is 13.6 Å². The van der Waals surface area contributed by atoms with Crippen LogP contribution in [0.1, 0.15) is 24.0 Å². The van der Waals surface area contributed by atoms with E-state index in [9.17, 15) is 4.79 Å². The van der Waals surface area contributed by atoms with Crippen LogP contribution in [0.4, 0.5) is 15.9 Å². The maximum atomic E-state index is 15.4. The molecule has 9 nitrogen and oxygen atoms in total. The first-order valence-corrected chi connectivity index (χ1v) is 11.9. The van der Waals surface area contributed by atoms with Gasteiger partial charge in [-0.1, -0.05) is 6.92 Å². The largest absolute Gasteiger partial charge is 0.443 e. The van der Waals surface area contributed by atoms with E-state index in [4.69, 9.17) is 10.2 Å². The lowest BCUT2D eigenvalue weighted by atomic mass is 9.97. The van der Waals surface area contributed by atoms with Crippen molar-refractivity contribution in [1.82, 2.24) is 24.7 Å². The highest BCUT2D eigenvalue weighted by Crippen LogP contribution is 2.54. The summed E-state index contributed by atoms with van der Waals surface area (Å²) in [5.41, 5.74) is 9.44. The van der Waals surface area contributed by atoms with Crippen LogP contribution in [0.3, 0.4) is 0 Å². The lowest BCUT2D eigenvalue weighted by Gasteiger charge is -2.13. The number of nitrogens with one attached hydrogen (secondary N) is 1. The minimum atomic E-state index is -0.550. The molecular weight excluding hydrogens is 473 g/mol. The molecule has 0 aliphatic heterocycles. The van der Waals surface area contributed by atoms with Crippen molar-refractivity contribution in [2.45, 2.75) is 19.8 Å². The standard InChI is InChI=1S/C27H24FN7O2/c1-13-6-20(27-30-4-5-37-27)31-10-18(13)17-7-15-8-21(32-11-19(15)25(29)24(17)28)34-26(36)23-14(2)22(23)16-9-33-35(3)12-16/h4-12,14,22-23H,29H2,1-3H3,(H,32,34,36). The Morgan fingerprint density at radius 1 is 1.14 bits per heavy atom. The van der Waals surface area contributed by atoms with Crippen LogP contribution in [-0.2, 0) is 11.8 Å². The predicted octanol–water partition coefficient (Wildman–Crippen LogP) is 4.70. The fourth-order valence-electron chi connectivity index (χ4n) is 5.06. The molecule has 1 aliphatic carbocycles. The Kier molecular flexibility index (Phi) is 5.25. The maximum Gasteiger partial charge on any atom is 0.244 e. The van der Waals surface area contributed by atoms with Crippen LogP contribution in [0.5, 0.6) is 0 Å². The summed E-state index contributed by atoms with van der Waals surface area (Å²) in [6, 6.07) is 5.20. The number of hydrogen-bond acceptors (Lipinski definition) is 7. The number of oxazole rings is 1. The monoisotopic (exact) mass is 497 g/mol. The molecule has 0 spiro atoms. The van der Waals surface area contributed by atoms with Gasteiger partial charge in [-0.05, 0) is 47.6 Å². The highest BCUT2D eigenvalue weighted by atomic mass is 19.1. The Morgan fingerprint density at radius 3 is 2.68 bits per heavy atom. The van der Waals surface area contributed by atoms with Gasteiger partial charge in [-0.2, -0.15) is 5.10 Å². The Labute approximate surface area is 211 Å². The van der Waals surface area contributed by atoms with Crippen LogP contribution in [-0.4, -0.2) is 30.6 Å².